The first kappa shape index (κ1) is 17.2. The van der Waals surface area contributed by atoms with Crippen LogP contribution >= 0.6 is 0 Å². The van der Waals surface area contributed by atoms with Crippen LogP contribution in [0.2, 0.25) is 0 Å². The van der Waals surface area contributed by atoms with Gasteiger partial charge in [0, 0.05) is 32.1 Å². The minimum absolute atomic E-state index is 0.00763. The predicted molar refractivity (Wildman–Crippen MR) is 91.4 cm³/mol. The zero-order valence-corrected chi connectivity index (χ0v) is 14.7. The van der Waals surface area contributed by atoms with Crippen LogP contribution in [0.5, 0.6) is 0 Å². The number of carbonyl (C=O) groups is 1. The third-order valence-corrected chi connectivity index (χ3v) is 5.76. The van der Waals surface area contributed by atoms with Crippen molar-refractivity contribution < 1.29 is 9.53 Å². The average molecular weight is 323 g/mol. The summed E-state index contributed by atoms with van der Waals surface area (Å²) in [6, 6.07) is 0. The number of hydrogen-bond acceptors (Lipinski definition) is 4. The Morgan fingerprint density at radius 2 is 1.70 bits per heavy atom. The maximum Gasteiger partial charge on any atom is 0.224 e. The Morgan fingerprint density at radius 3 is 2.35 bits per heavy atom. The fourth-order valence-corrected chi connectivity index (χ4v) is 4.38. The maximum absolute atomic E-state index is 12.8. The second-order valence-corrected chi connectivity index (χ2v) is 7.77. The van der Waals surface area contributed by atoms with E-state index < -0.39 is 0 Å². The van der Waals surface area contributed by atoms with Crippen molar-refractivity contribution in [2.24, 2.45) is 5.92 Å². The second-order valence-electron chi connectivity index (χ2n) is 7.77. The molecule has 0 bridgehead atoms. The van der Waals surface area contributed by atoms with Crippen molar-refractivity contribution in [3.8, 4) is 0 Å². The minimum atomic E-state index is 0.00763. The molecule has 0 spiro atoms. The van der Waals surface area contributed by atoms with Gasteiger partial charge in [0.15, 0.2) is 0 Å². The molecule has 1 saturated carbocycles. The summed E-state index contributed by atoms with van der Waals surface area (Å²) in [6.45, 7) is 9.99. The second kappa shape index (κ2) is 7.95. The van der Waals surface area contributed by atoms with Gasteiger partial charge in [-0.3, -0.25) is 9.69 Å². The van der Waals surface area contributed by atoms with Gasteiger partial charge in [-0.25, -0.2) is 0 Å². The Balaban J connectivity index is 1.53. The molecule has 0 unspecified atom stereocenters. The SMILES string of the molecule is C[C@@H](CN1CCCC1)C(=O)NC1(CN2CCOCC2)CCCC1. The Hall–Kier alpha value is -0.650. The van der Waals surface area contributed by atoms with Gasteiger partial charge in [0.2, 0.25) is 5.91 Å². The highest BCUT2D eigenvalue weighted by molar-refractivity contribution is 5.79. The molecule has 1 N–H and O–H groups in total. The lowest BCUT2D eigenvalue weighted by atomic mass is 9.95. The van der Waals surface area contributed by atoms with Gasteiger partial charge < -0.3 is 15.0 Å². The molecule has 0 aromatic rings. The molecule has 5 heteroatoms. The Kier molecular flexibility index (Phi) is 5.94. The van der Waals surface area contributed by atoms with Gasteiger partial charge in [-0.05, 0) is 38.8 Å². The molecular formula is C18H33N3O2. The summed E-state index contributed by atoms with van der Waals surface area (Å²) in [6.07, 6.45) is 7.32. The molecule has 3 aliphatic rings. The minimum Gasteiger partial charge on any atom is -0.379 e. The topological polar surface area (TPSA) is 44.8 Å². The molecule has 0 aromatic heterocycles. The number of amides is 1. The highest BCUT2D eigenvalue weighted by Crippen LogP contribution is 2.31. The van der Waals surface area contributed by atoms with E-state index in [1.54, 1.807) is 0 Å². The molecule has 132 valence electrons. The molecule has 1 aliphatic carbocycles. The number of rotatable bonds is 6. The molecule has 1 amide bonds. The number of ether oxygens (including phenoxy) is 1. The van der Waals surface area contributed by atoms with Crippen LogP contribution < -0.4 is 5.32 Å². The molecule has 2 saturated heterocycles. The van der Waals surface area contributed by atoms with E-state index in [4.69, 9.17) is 4.74 Å². The molecule has 0 radical (unpaired) electrons. The molecule has 3 fully saturated rings. The van der Waals surface area contributed by atoms with Gasteiger partial charge in [-0.1, -0.05) is 19.8 Å². The van der Waals surface area contributed by atoms with Crippen LogP contribution in [-0.4, -0.2) is 73.7 Å². The van der Waals surface area contributed by atoms with Crippen molar-refractivity contribution in [3.63, 3.8) is 0 Å². The molecule has 5 nitrogen and oxygen atoms in total. The molecule has 23 heavy (non-hydrogen) atoms. The number of likely N-dealkylation sites (tertiary alicyclic amines) is 1. The summed E-state index contributed by atoms with van der Waals surface area (Å²) in [5, 5.41) is 3.47. The summed E-state index contributed by atoms with van der Waals surface area (Å²) in [4.78, 5) is 17.7. The number of carbonyl (C=O) groups excluding carboxylic acids is 1. The van der Waals surface area contributed by atoms with Crippen molar-refractivity contribution in [2.75, 3.05) is 52.5 Å². The van der Waals surface area contributed by atoms with Crippen LogP contribution in [0.3, 0.4) is 0 Å². The van der Waals surface area contributed by atoms with Gasteiger partial charge in [-0.2, -0.15) is 0 Å². The maximum atomic E-state index is 12.8. The summed E-state index contributed by atoms with van der Waals surface area (Å²) in [7, 11) is 0. The van der Waals surface area contributed by atoms with Crippen LogP contribution in [0.4, 0.5) is 0 Å². The first-order valence-electron chi connectivity index (χ1n) is 9.51. The fourth-order valence-electron chi connectivity index (χ4n) is 4.38. The Bertz CT molecular complexity index is 384. The van der Waals surface area contributed by atoms with Gasteiger partial charge in [0.05, 0.1) is 18.8 Å². The lowest BCUT2D eigenvalue weighted by Crippen LogP contribution is -2.57. The third kappa shape index (κ3) is 4.68. The van der Waals surface area contributed by atoms with Crippen molar-refractivity contribution in [1.82, 2.24) is 15.1 Å². The van der Waals surface area contributed by atoms with Crippen LogP contribution in [0, 0.1) is 5.92 Å². The number of nitrogens with one attached hydrogen (secondary N) is 1. The van der Waals surface area contributed by atoms with Crippen molar-refractivity contribution in [1.29, 1.82) is 0 Å². The van der Waals surface area contributed by atoms with E-state index in [2.05, 4.69) is 22.0 Å². The summed E-state index contributed by atoms with van der Waals surface area (Å²) in [5.74, 6) is 0.349. The van der Waals surface area contributed by atoms with Crippen LogP contribution in [0.25, 0.3) is 0 Å². The number of nitrogens with zero attached hydrogens (tertiary/aromatic N) is 2. The number of morpholine rings is 1. The van der Waals surface area contributed by atoms with Crippen LogP contribution in [0.1, 0.15) is 45.4 Å². The molecule has 3 rings (SSSR count). The van der Waals surface area contributed by atoms with Gasteiger partial charge >= 0.3 is 0 Å². The van der Waals surface area contributed by atoms with E-state index in [-0.39, 0.29) is 17.4 Å². The Morgan fingerprint density at radius 1 is 1.04 bits per heavy atom. The smallest absolute Gasteiger partial charge is 0.224 e. The van der Waals surface area contributed by atoms with Crippen molar-refractivity contribution >= 4 is 5.91 Å². The van der Waals surface area contributed by atoms with E-state index in [0.29, 0.717) is 0 Å². The van der Waals surface area contributed by atoms with Gasteiger partial charge in [0.25, 0.3) is 0 Å². The van der Waals surface area contributed by atoms with E-state index in [1.165, 1.54) is 25.7 Å². The standard InChI is InChI=1S/C18H33N3O2/c1-16(14-20-8-4-5-9-20)17(22)19-18(6-2-3-7-18)15-21-10-12-23-13-11-21/h16H,2-15H2,1H3,(H,19,22)/t16-/m0/s1. The average Bonchev–Trinajstić information content (AvgIpc) is 3.20. The van der Waals surface area contributed by atoms with E-state index >= 15 is 0 Å². The zero-order valence-electron chi connectivity index (χ0n) is 14.7. The molecule has 1 atom stereocenters. The Labute approximate surface area is 140 Å². The molecule has 2 heterocycles. The fraction of sp³-hybridized carbons (Fsp3) is 0.944. The normalized spacial score (nSPS) is 27.2. The first-order valence-corrected chi connectivity index (χ1v) is 9.51. The largest absolute Gasteiger partial charge is 0.379 e. The highest BCUT2D eigenvalue weighted by atomic mass is 16.5. The van der Waals surface area contributed by atoms with E-state index in [0.717, 1.165) is 65.3 Å². The van der Waals surface area contributed by atoms with Crippen LogP contribution in [-0.2, 0) is 9.53 Å². The third-order valence-electron chi connectivity index (χ3n) is 5.76. The summed E-state index contributed by atoms with van der Waals surface area (Å²) >= 11 is 0. The van der Waals surface area contributed by atoms with Crippen LogP contribution in [0.15, 0.2) is 0 Å². The zero-order chi connectivity index (χ0) is 16.1. The lowest BCUT2D eigenvalue weighted by molar-refractivity contribution is -0.127. The van der Waals surface area contributed by atoms with Gasteiger partial charge in [0.1, 0.15) is 0 Å². The molecular weight excluding hydrogens is 290 g/mol. The molecule has 0 aromatic carbocycles. The van der Waals surface area contributed by atoms with Crippen molar-refractivity contribution in [3.05, 3.63) is 0 Å². The van der Waals surface area contributed by atoms with E-state index in [9.17, 15) is 4.79 Å². The quantitative estimate of drug-likeness (QED) is 0.804. The molecule has 2 aliphatic heterocycles. The predicted octanol–water partition coefficient (Wildman–Crippen LogP) is 1.48. The van der Waals surface area contributed by atoms with Crippen molar-refractivity contribution in [2.45, 2.75) is 51.0 Å². The first-order chi connectivity index (χ1) is 11.2. The summed E-state index contributed by atoms with van der Waals surface area (Å²) < 4.78 is 5.46. The number of hydrogen-bond donors (Lipinski definition) is 1. The van der Waals surface area contributed by atoms with E-state index in [1.807, 2.05) is 0 Å². The highest BCUT2D eigenvalue weighted by Gasteiger charge is 2.38. The lowest BCUT2D eigenvalue weighted by Gasteiger charge is -2.38. The summed E-state index contributed by atoms with van der Waals surface area (Å²) in [5.41, 5.74) is 0.00763. The monoisotopic (exact) mass is 323 g/mol. The van der Waals surface area contributed by atoms with Gasteiger partial charge in [-0.15, -0.1) is 0 Å².